The lowest BCUT2D eigenvalue weighted by Gasteiger charge is -2.11. The van der Waals surface area contributed by atoms with E-state index in [0.717, 1.165) is 0 Å². The van der Waals surface area contributed by atoms with E-state index < -0.39 is 15.7 Å². The summed E-state index contributed by atoms with van der Waals surface area (Å²) in [5.74, 6) is 0.333. The van der Waals surface area contributed by atoms with Crippen LogP contribution >= 0.6 is 0 Å². The van der Waals surface area contributed by atoms with Gasteiger partial charge in [0.1, 0.15) is 24.5 Å². The highest BCUT2D eigenvalue weighted by Crippen LogP contribution is 2.29. The lowest BCUT2D eigenvalue weighted by atomic mass is 10.2. The lowest BCUT2D eigenvalue weighted by Crippen LogP contribution is -2.06. The monoisotopic (exact) mass is 432 g/mol. The normalized spacial score (nSPS) is 11.3. The van der Waals surface area contributed by atoms with Crippen LogP contribution in [0.4, 0.5) is 16.0 Å². The quantitative estimate of drug-likeness (QED) is 0.515. The summed E-state index contributed by atoms with van der Waals surface area (Å²) in [5.41, 5.74) is 1.77. The Kier molecular flexibility index (Phi) is 6.91. The fourth-order valence-corrected chi connectivity index (χ4v) is 3.48. The minimum atomic E-state index is -3.15. The van der Waals surface area contributed by atoms with Crippen LogP contribution in [0.3, 0.4) is 0 Å². The molecule has 0 fully saturated rings. The van der Waals surface area contributed by atoms with Gasteiger partial charge in [-0.2, -0.15) is 4.98 Å². The summed E-state index contributed by atoms with van der Waals surface area (Å²) < 4.78 is 47.3. The van der Waals surface area contributed by atoms with Crippen LogP contribution in [-0.2, 0) is 20.3 Å². The first-order valence-corrected chi connectivity index (χ1v) is 11.0. The van der Waals surface area contributed by atoms with Crippen molar-refractivity contribution < 1.29 is 22.3 Å². The minimum Gasteiger partial charge on any atom is -0.490 e. The number of ether oxygens (including phenoxy) is 2. The third-order valence-electron chi connectivity index (χ3n) is 3.91. The zero-order valence-electron chi connectivity index (χ0n) is 16.5. The second-order valence-electron chi connectivity index (χ2n) is 6.51. The molecule has 30 heavy (non-hydrogen) atoms. The van der Waals surface area contributed by atoms with Crippen LogP contribution in [0, 0.1) is 5.82 Å². The second-order valence-corrected chi connectivity index (χ2v) is 8.65. The molecule has 8 nitrogen and oxygen atoms in total. The van der Waals surface area contributed by atoms with E-state index >= 15 is 0 Å². The van der Waals surface area contributed by atoms with Crippen LogP contribution in [0.15, 0.2) is 48.8 Å². The Morgan fingerprint density at radius 3 is 2.70 bits per heavy atom. The average Bonchev–Trinajstić information content (AvgIpc) is 2.67. The van der Waals surface area contributed by atoms with Gasteiger partial charge in [-0.05, 0) is 29.8 Å². The fourth-order valence-electron chi connectivity index (χ4n) is 2.69. The van der Waals surface area contributed by atoms with Crippen molar-refractivity contribution in [2.45, 2.75) is 5.75 Å². The Morgan fingerprint density at radius 2 is 1.93 bits per heavy atom. The van der Waals surface area contributed by atoms with Crippen LogP contribution in [-0.4, -0.2) is 49.9 Å². The van der Waals surface area contributed by atoms with Crippen LogP contribution < -0.4 is 10.1 Å². The van der Waals surface area contributed by atoms with E-state index in [1.807, 2.05) is 0 Å². The first-order chi connectivity index (χ1) is 14.3. The Morgan fingerprint density at radius 1 is 1.10 bits per heavy atom. The zero-order valence-corrected chi connectivity index (χ0v) is 17.3. The van der Waals surface area contributed by atoms with Gasteiger partial charge in [0.15, 0.2) is 15.7 Å². The Bertz CT molecular complexity index is 1130. The van der Waals surface area contributed by atoms with Gasteiger partial charge < -0.3 is 14.8 Å². The predicted molar refractivity (Wildman–Crippen MR) is 111 cm³/mol. The van der Waals surface area contributed by atoms with Crippen molar-refractivity contribution in [3.8, 4) is 17.1 Å². The molecule has 1 heterocycles. The molecule has 0 aliphatic heterocycles. The van der Waals surface area contributed by atoms with Crippen molar-refractivity contribution in [2.24, 2.45) is 0 Å². The maximum absolute atomic E-state index is 13.7. The molecule has 158 valence electrons. The van der Waals surface area contributed by atoms with E-state index in [4.69, 9.17) is 9.47 Å². The summed E-state index contributed by atoms with van der Waals surface area (Å²) in [4.78, 5) is 12.6. The SMILES string of the molecule is COCCOc1cc(F)ccc1-c1ncnc(Nc2cccc(CS(C)(=O)=O)c2)n1. The van der Waals surface area contributed by atoms with Gasteiger partial charge in [-0.15, -0.1) is 0 Å². The Labute approximate surface area is 174 Å². The molecule has 0 atom stereocenters. The van der Waals surface area contributed by atoms with Crippen molar-refractivity contribution >= 4 is 21.5 Å². The number of hydrogen-bond acceptors (Lipinski definition) is 8. The molecule has 0 spiro atoms. The molecule has 1 N–H and O–H groups in total. The predicted octanol–water partition coefficient (Wildman–Crippen LogP) is 2.99. The first-order valence-electron chi connectivity index (χ1n) is 8.98. The molecule has 0 aliphatic rings. The van der Waals surface area contributed by atoms with E-state index in [2.05, 4.69) is 20.3 Å². The van der Waals surface area contributed by atoms with Gasteiger partial charge in [0.25, 0.3) is 0 Å². The van der Waals surface area contributed by atoms with Crippen molar-refractivity contribution in [2.75, 3.05) is 31.9 Å². The molecule has 1 aromatic heterocycles. The number of sulfone groups is 1. The molecule has 0 saturated heterocycles. The first kappa shape index (κ1) is 21.6. The number of rotatable bonds is 9. The molecule has 0 amide bonds. The van der Waals surface area contributed by atoms with Gasteiger partial charge in [-0.3, -0.25) is 0 Å². The van der Waals surface area contributed by atoms with Crippen molar-refractivity contribution in [3.05, 3.63) is 60.2 Å². The number of aromatic nitrogens is 3. The lowest BCUT2D eigenvalue weighted by molar-refractivity contribution is 0.146. The van der Waals surface area contributed by atoms with Crippen LogP contribution in [0.25, 0.3) is 11.4 Å². The maximum Gasteiger partial charge on any atom is 0.230 e. The summed E-state index contributed by atoms with van der Waals surface area (Å²) >= 11 is 0. The second kappa shape index (κ2) is 9.59. The average molecular weight is 432 g/mol. The molecule has 0 aliphatic carbocycles. The number of benzene rings is 2. The van der Waals surface area contributed by atoms with Crippen molar-refractivity contribution in [1.29, 1.82) is 0 Å². The van der Waals surface area contributed by atoms with E-state index in [0.29, 0.717) is 35.0 Å². The largest absolute Gasteiger partial charge is 0.490 e. The highest BCUT2D eigenvalue weighted by molar-refractivity contribution is 7.89. The highest BCUT2D eigenvalue weighted by atomic mass is 32.2. The number of methoxy groups -OCH3 is 1. The molecule has 2 aromatic carbocycles. The standard InChI is InChI=1S/C20H21FN4O4S/c1-28-8-9-29-18-11-15(21)6-7-17(18)19-22-13-23-20(25-19)24-16-5-3-4-14(10-16)12-30(2,26)27/h3-7,10-11,13H,8-9,12H2,1-2H3,(H,22,23,24,25). The highest BCUT2D eigenvalue weighted by Gasteiger charge is 2.13. The Hall–Kier alpha value is -3.11. The van der Waals surface area contributed by atoms with E-state index in [1.54, 1.807) is 31.4 Å². The van der Waals surface area contributed by atoms with Gasteiger partial charge in [-0.25, -0.2) is 22.8 Å². The topological polar surface area (TPSA) is 103 Å². The Balaban J connectivity index is 1.85. The van der Waals surface area contributed by atoms with Crippen molar-refractivity contribution in [3.63, 3.8) is 0 Å². The zero-order chi connectivity index (χ0) is 21.6. The van der Waals surface area contributed by atoms with E-state index in [9.17, 15) is 12.8 Å². The van der Waals surface area contributed by atoms with Crippen LogP contribution in [0.5, 0.6) is 5.75 Å². The number of halogens is 1. The smallest absolute Gasteiger partial charge is 0.230 e. The van der Waals surface area contributed by atoms with E-state index in [1.165, 1.54) is 30.8 Å². The molecule has 3 rings (SSSR count). The summed E-state index contributed by atoms with van der Waals surface area (Å²) in [6, 6.07) is 11.0. The summed E-state index contributed by atoms with van der Waals surface area (Å²) in [7, 11) is -1.60. The molecule has 0 radical (unpaired) electrons. The molecular formula is C20H21FN4O4S. The van der Waals surface area contributed by atoms with Crippen LogP contribution in [0.2, 0.25) is 0 Å². The number of nitrogens with zero attached hydrogens (tertiary/aromatic N) is 3. The number of anilines is 2. The van der Waals surface area contributed by atoms with Gasteiger partial charge in [-0.1, -0.05) is 12.1 Å². The minimum absolute atomic E-state index is 0.0667. The van der Waals surface area contributed by atoms with Crippen LogP contribution in [0.1, 0.15) is 5.56 Å². The van der Waals surface area contributed by atoms with Gasteiger partial charge in [0.2, 0.25) is 5.95 Å². The third-order valence-corrected chi connectivity index (χ3v) is 4.77. The number of nitrogens with one attached hydrogen (secondary N) is 1. The maximum atomic E-state index is 13.7. The summed E-state index contributed by atoms with van der Waals surface area (Å²) in [5, 5.41) is 3.03. The van der Waals surface area contributed by atoms with Crippen molar-refractivity contribution in [1.82, 2.24) is 15.0 Å². The molecule has 0 saturated carbocycles. The summed E-state index contributed by atoms with van der Waals surface area (Å²) in [6.07, 6.45) is 2.51. The molecule has 10 heteroatoms. The molecule has 0 bridgehead atoms. The fraction of sp³-hybridized carbons (Fsp3) is 0.250. The molecule has 3 aromatic rings. The molecule has 0 unspecified atom stereocenters. The number of hydrogen-bond donors (Lipinski definition) is 1. The van der Waals surface area contributed by atoms with Gasteiger partial charge in [0.05, 0.1) is 17.9 Å². The summed E-state index contributed by atoms with van der Waals surface area (Å²) in [6.45, 7) is 0.597. The van der Waals surface area contributed by atoms with Gasteiger partial charge in [0, 0.05) is 25.1 Å². The third kappa shape index (κ3) is 6.19. The molecular weight excluding hydrogens is 411 g/mol. The van der Waals surface area contributed by atoms with Gasteiger partial charge >= 0.3 is 0 Å². The van der Waals surface area contributed by atoms with E-state index in [-0.39, 0.29) is 18.3 Å².